The summed E-state index contributed by atoms with van der Waals surface area (Å²) in [5.74, 6) is 0. The van der Waals surface area contributed by atoms with Gasteiger partial charge in [0.1, 0.15) is 0 Å². The topological polar surface area (TPSA) is 55.2 Å². The van der Waals surface area contributed by atoms with Crippen molar-refractivity contribution < 1.29 is 4.92 Å². The Morgan fingerprint density at radius 1 is 1.22 bits per heavy atom. The zero-order chi connectivity index (χ0) is 13.1. The molecule has 1 aromatic carbocycles. The Bertz CT molecular complexity index is 566. The van der Waals surface area contributed by atoms with Gasteiger partial charge in [0.05, 0.1) is 20.7 Å². The van der Waals surface area contributed by atoms with E-state index in [1.54, 1.807) is 24.3 Å². The fourth-order valence-electron chi connectivity index (χ4n) is 1.40. The van der Waals surface area contributed by atoms with E-state index in [0.29, 0.717) is 22.3 Å². The highest BCUT2D eigenvalue weighted by atomic mass is 35.5. The molecule has 0 saturated heterocycles. The monoisotopic (exact) mass is 302 g/mol. The molecule has 0 bridgehead atoms. The van der Waals surface area contributed by atoms with E-state index in [4.69, 9.17) is 23.2 Å². The molecule has 0 saturated carbocycles. The number of hydrogen-bond donors (Lipinski definition) is 1. The number of halogens is 2. The van der Waals surface area contributed by atoms with Gasteiger partial charge in [0.2, 0.25) is 0 Å². The van der Waals surface area contributed by atoms with Crippen LogP contribution in [0.4, 0.5) is 10.7 Å². The Hall–Kier alpha value is -1.30. The third-order valence-corrected chi connectivity index (χ3v) is 3.90. The molecule has 2 aromatic rings. The number of rotatable bonds is 4. The molecular weight excluding hydrogens is 295 g/mol. The quantitative estimate of drug-likeness (QED) is 0.664. The van der Waals surface area contributed by atoms with Crippen molar-refractivity contribution in [1.82, 2.24) is 0 Å². The first-order valence-electron chi connectivity index (χ1n) is 4.99. The SMILES string of the molecule is O=[N+]([O-])c1ccc(CNc2c(Cl)cccc2Cl)s1. The first kappa shape index (κ1) is 13.1. The molecule has 0 aliphatic heterocycles. The molecular formula is C11H8Cl2N2O2S. The van der Waals surface area contributed by atoms with Crippen LogP contribution in [0.2, 0.25) is 10.0 Å². The Morgan fingerprint density at radius 2 is 1.89 bits per heavy atom. The number of thiophene rings is 1. The normalized spacial score (nSPS) is 10.3. The van der Waals surface area contributed by atoms with E-state index < -0.39 is 4.92 Å². The maximum absolute atomic E-state index is 10.6. The third kappa shape index (κ3) is 2.93. The Morgan fingerprint density at radius 3 is 2.44 bits per heavy atom. The van der Waals surface area contributed by atoms with E-state index in [0.717, 1.165) is 16.2 Å². The minimum atomic E-state index is -0.406. The van der Waals surface area contributed by atoms with E-state index in [1.165, 1.54) is 6.07 Å². The summed E-state index contributed by atoms with van der Waals surface area (Å²) in [7, 11) is 0. The standard InChI is InChI=1S/C11H8Cl2N2O2S/c12-8-2-1-3-9(13)11(8)14-6-7-4-5-10(18-7)15(16)17/h1-5,14H,6H2. The lowest BCUT2D eigenvalue weighted by Crippen LogP contribution is -1.98. The first-order valence-corrected chi connectivity index (χ1v) is 6.56. The van der Waals surface area contributed by atoms with E-state index in [9.17, 15) is 10.1 Å². The van der Waals surface area contributed by atoms with Crippen molar-refractivity contribution in [2.24, 2.45) is 0 Å². The molecule has 18 heavy (non-hydrogen) atoms. The van der Waals surface area contributed by atoms with Crippen molar-refractivity contribution in [3.63, 3.8) is 0 Å². The van der Waals surface area contributed by atoms with E-state index in [-0.39, 0.29) is 5.00 Å². The van der Waals surface area contributed by atoms with E-state index >= 15 is 0 Å². The summed E-state index contributed by atoms with van der Waals surface area (Å²) in [6, 6.07) is 8.40. The number of anilines is 1. The second-order valence-corrected chi connectivity index (χ2v) is 5.41. The fourth-order valence-corrected chi connectivity index (χ4v) is 2.69. The van der Waals surface area contributed by atoms with Crippen LogP contribution in [-0.4, -0.2) is 4.92 Å². The first-order chi connectivity index (χ1) is 8.58. The van der Waals surface area contributed by atoms with Crippen LogP contribution in [0.25, 0.3) is 0 Å². The number of nitro groups is 1. The summed E-state index contributed by atoms with van der Waals surface area (Å²) in [6.07, 6.45) is 0. The Balaban J connectivity index is 2.09. The number of para-hydroxylation sites is 1. The molecule has 0 amide bonds. The highest BCUT2D eigenvalue weighted by Gasteiger charge is 2.10. The van der Waals surface area contributed by atoms with Crippen LogP contribution in [0.15, 0.2) is 30.3 Å². The van der Waals surface area contributed by atoms with Crippen LogP contribution >= 0.6 is 34.5 Å². The van der Waals surface area contributed by atoms with Gasteiger partial charge in [-0.1, -0.05) is 40.6 Å². The largest absolute Gasteiger partial charge is 0.378 e. The molecule has 0 atom stereocenters. The fraction of sp³-hybridized carbons (Fsp3) is 0.0909. The molecule has 4 nitrogen and oxygen atoms in total. The smallest absolute Gasteiger partial charge is 0.324 e. The van der Waals surface area contributed by atoms with Crippen LogP contribution in [0.3, 0.4) is 0 Å². The molecule has 94 valence electrons. The molecule has 0 spiro atoms. The van der Waals surface area contributed by atoms with Crippen LogP contribution in [0.5, 0.6) is 0 Å². The van der Waals surface area contributed by atoms with Gasteiger partial charge in [-0.05, 0) is 18.2 Å². The maximum atomic E-state index is 10.6. The zero-order valence-electron chi connectivity index (χ0n) is 9.02. The van der Waals surface area contributed by atoms with Crippen LogP contribution in [-0.2, 0) is 6.54 Å². The predicted molar refractivity (Wildman–Crippen MR) is 74.8 cm³/mol. The average molecular weight is 303 g/mol. The Kier molecular flexibility index (Phi) is 4.06. The van der Waals surface area contributed by atoms with E-state index in [1.807, 2.05) is 0 Å². The molecule has 0 aliphatic rings. The third-order valence-electron chi connectivity index (χ3n) is 2.23. The average Bonchev–Trinajstić information content (AvgIpc) is 2.77. The summed E-state index contributed by atoms with van der Waals surface area (Å²) < 4.78 is 0. The highest BCUT2D eigenvalue weighted by Crippen LogP contribution is 2.31. The molecule has 1 N–H and O–H groups in total. The molecule has 0 radical (unpaired) electrons. The zero-order valence-corrected chi connectivity index (χ0v) is 11.4. The lowest BCUT2D eigenvalue weighted by molar-refractivity contribution is -0.380. The molecule has 0 fully saturated rings. The van der Waals surface area contributed by atoms with Gasteiger partial charge in [0.25, 0.3) is 0 Å². The van der Waals surface area contributed by atoms with Gasteiger partial charge in [0, 0.05) is 17.5 Å². The van der Waals surface area contributed by atoms with Crippen molar-refractivity contribution >= 4 is 45.2 Å². The van der Waals surface area contributed by atoms with E-state index in [2.05, 4.69) is 5.32 Å². The van der Waals surface area contributed by atoms with Gasteiger partial charge in [0.15, 0.2) is 0 Å². The summed E-state index contributed by atoms with van der Waals surface area (Å²) >= 11 is 13.1. The summed E-state index contributed by atoms with van der Waals surface area (Å²) in [5.41, 5.74) is 0.636. The maximum Gasteiger partial charge on any atom is 0.324 e. The molecule has 7 heteroatoms. The molecule has 0 aliphatic carbocycles. The summed E-state index contributed by atoms with van der Waals surface area (Å²) in [5, 5.41) is 14.8. The predicted octanol–water partition coefficient (Wildman–Crippen LogP) is 4.58. The molecule has 0 unspecified atom stereocenters. The molecule has 1 aromatic heterocycles. The summed E-state index contributed by atoms with van der Waals surface area (Å²) in [4.78, 5) is 11.0. The minimum absolute atomic E-state index is 0.122. The molecule has 2 rings (SSSR count). The van der Waals surface area contributed by atoms with Crippen LogP contribution in [0.1, 0.15) is 4.88 Å². The lowest BCUT2D eigenvalue weighted by Gasteiger charge is -2.08. The van der Waals surface area contributed by atoms with Crippen LogP contribution < -0.4 is 5.32 Å². The van der Waals surface area contributed by atoms with Crippen molar-refractivity contribution in [1.29, 1.82) is 0 Å². The van der Waals surface area contributed by atoms with Crippen molar-refractivity contribution in [2.75, 3.05) is 5.32 Å². The number of nitrogens with zero attached hydrogens (tertiary/aromatic N) is 1. The second-order valence-electron chi connectivity index (χ2n) is 3.45. The van der Waals surface area contributed by atoms with Gasteiger partial charge >= 0.3 is 5.00 Å². The van der Waals surface area contributed by atoms with Crippen molar-refractivity contribution in [3.05, 3.63) is 55.4 Å². The lowest BCUT2D eigenvalue weighted by atomic mass is 10.3. The van der Waals surface area contributed by atoms with Gasteiger partial charge in [-0.25, -0.2) is 0 Å². The van der Waals surface area contributed by atoms with Crippen LogP contribution in [0, 0.1) is 10.1 Å². The van der Waals surface area contributed by atoms with Gasteiger partial charge in [-0.2, -0.15) is 0 Å². The minimum Gasteiger partial charge on any atom is -0.378 e. The van der Waals surface area contributed by atoms with Gasteiger partial charge < -0.3 is 5.32 Å². The molecule has 1 heterocycles. The Labute approximate surface area is 117 Å². The van der Waals surface area contributed by atoms with Crippen molar-refractivity contribution in [2.45, 2.75) is 6.54 Å². The van der Waals surface area contributed by atoms with Gasteiger partial charge in [-0.3, -0.25) is 10.1 Å². The van der Waals surface area contributed by atoms with Gasteiger partial charge in [-0.15, -0.1) is 0 Å². The number of nitrogens with one attached hydrogen (secondary N) is 1. The number of hydrogen-bond acceptors (Lipinski definition) is 4. The second kappa shape index (κ2) is 5.56. The summed E-state index contributed by atoms with van der Waals surface area (Å²) in [6.45, 7) is 0.446. The number of benzene rings is 1. The van der Waals surface area contributed by atoms with Crippen molar-refractivity contribution in [3.8, 4) is 0 Å². The highest BCUT2D eigenvalue weighted by molar-refractivity contribution is 7.15.